The molecule has 0 heterocycles. The molecule has 0 unspecified atom stereocenters. The minimum atomic E-state index is -3.76. The van der Waals surface area contributed by atoms with Crippen LogP contribution in [0.3, 0.4) is 0 Å². The number of amides is 1. The molecule has 3 aromatic carbocycles. The van der Waals surface area contributed by atoms with Crippen LogP contribution >= 0.6 is 0 Å². The standard InChI is InChI=1S/C24H23FN2O3S/c25-21-11-9-20(10-12-21)24(13-14-24)17-26-23(28)19-7-4-8-22(15-19)31(29,30)27-16-18-5-2-1-3-6-18/h1-12,15,27H,13-14,16-17H2,(H,26,28). The molecule has 0 aliphatic heterocycles. The number of hydrogen-bond donors (Lipinski definition) is 2. The summed E-state index contributed by atoms with van der Waals surface area (Å²) in [6.07, 6.45) is 1.83. The van der Waals surface area contributed by atoms with E-state index in [0.29, 0.717) is 6.54 Å². The molecule has 1 fully saturated rings. The molecule has 1 amide bonds. The van der Waals surface area contributed by atoms with Gasteiger partial charge < -0.3 is 5.32 Å². The van der Waals surface area contributed by atoms with Crippen molar-refractivity contribution < 1.29 is 17.6 Å². The molecule has 1 saturated carbocycles. The maximum Gasteiger partial charge on any atom is 0.251 e. The quantitative estimate of drug-likeness (QED) is 0.562. The summed E-state index contributed by atoms with van der Waals surface area (Å²) in [7, 11) is -3.76. The topological polar surface area (TPSA) is 75.3 Å². The van der Waals surface area contributed by atoms with Crippen LogP contribution in [0.25, 0.3) is 0 Å². The fraction of sp³-hybridized carbons (Fsp3) is 0.208. The maximum atomic E-state index is 13.2. The minimum Gasteiger partial charge on any atom is -0.351 e. The molecule has 3 aromatic rings. The molecule has 0 aromatic heterocycles. The van der Waals surface area contributed by atoms with Crippen molar-refractivity contribution in [1.82, 2.24) is 10.0 Å². The Labute approximate surface area is 181 Å². The third kappa shape index (κ3) is 5.00. The summed E-state index contributed by atoms with van der Waals surface area (Å²) in [5.41, 5.74) is 1.94. The number of sulfonamides is 1. The van der Waals surface area contributed by atoms with E-state index in [9.17, 15) is 17.6 Å². The van der Waals surface area contributed by atoms with Gasteiger partial charge in [-0.05, 0) is 54.3 Å². The van der Waals surface area contributed by atoms with Crippen LogP contribution in [0.15, 0.2) is 83.8 Å². The molecule has 7 heteroatoms. The van der Waals surface area contributed by atoms with E-state index >= 15 is 0 Å². The zero-order chi connectivity index (χ0) is 21.9. The fourth-order valence-corrected chi connectivity index (χ4v) is 4.60. The van der Waals surface area contributed by atoms with Crippen LogP contribution in [0.4, 0.5) is 4.39 Å². The highest BCUT2D eigenvalue weighted by Gasteiger charge is 2.44. The van der Waals surface area contributed by atoms with Crippen molar-refractivity contribution in [2.45, 2.75) is 29.7 Å². The fourth-order valence-electron chi connectivity index (χ4n) is 3.54. The van der Waals surface area contributed by atoms with E-state index in [4.69, 9.17) is 0 Å². The predicted octanol–water partition coefficient (Wildman–Crippen LogP) is 3.77. The van der Waals surface area contributed by atoms with E-state index in [1.54, 1.807) is 24.3 Å². The van der Waals surface area contributed by atoms with Crippen molar-refractivity contribution in [1.29, 1.82) is 0 Å². The van der Waals surface area contributed by atoms with E-state index in [1.807, 2.05) is 30.3 Å². The molecule has 0 bridgehead atoms. The molecule has 31 heavy (non-hydrogen) atoms. The van der Waals surface area contributed by atoms with Crippen LogP contribution in [-0.4, -0.2) is 20.9 Å². The Hall–Kier alpha value is -3.03. The Bertz CT molecular complexity index is 1170. The molecule has 160 valence electrons. The van der Waals surface area contributed by atoms with Crippen LogP contribution in [-0.2, 0) is 22.0 Å². The molecule has 1 aliphatic carbocycles. The van der Waals surface area contributed by atoms with E-state index in [0.717, 1.165) is 24.0 Å². The lowest BCUT2D eigenvalue weighted by Gasteiger charge is -2.17. The summed E-state index contributed by atoms with van der Waals surface area (Å²) in [5.74, 6) is -0.629. The van der Waals surface area contributed by atoms with Gasteiger partial charge in [0.1, 0.15) is 5.82 Å². The summed E-state index contributed by atoms with van der Waals surface area (Å²) < 4.78 is 41.0. The predicted molar refractivity (Wildman–Crippen MR) is 117 cm³/mol. The molecule has 1 aliphatic rings. The first-order valence-electron chi connectivity index (χ1n) is 10.1. The highest BCUT2D eigenvalue weighted by molar-refractivity contribution is 7.89. The van der Waals surface area contributed by atoms with Gasteiger partial charge in [-0.3, -0.25) is 4.79 Å². The van der Waals surface area contributed by atoms with Crippen molar-refractivity contribution in [2.75, 3.05) is 6.54 Å². The first-order chi connectivity index (χ1) is 14.9. The van der Waals surface area contributed by atoms with Gasteiger partial charge in [0.05, 0.1) is 4.90 Å². The van der Waals surface area contributed by atoms with Gasteiger partial charge in [-0.2, -0.15) is 0 Å². The third-order valence-electron chi connectivity index (χ3n) is 5.61. The molecule has 2 N–H and O–H groups in total. The maximum absolute atomic E-state index is 13.2. The summed E-state index contributed by atoms with van der Waals surface area (Å²) in [6.45, 7) is 0.584. The molecule has 0 atom stereocenters. The molecule has 5 nitrogen and oxygen atoms in total. The van der Waals surface area contributed by atoms with Crippen molar-refractivity contribution in [3.05, 3.63) is 101 Å². The number of carbonyl (C=O) groups is 1. The molecule has 0 radical (unpaired) electrons. The van der Waals surface area contributed by atoms with E-state index < -0.39 is 10.0 Å². The Morgan fingerprint density at radius 1 is 0.935 bits per heavy atom. The SMILES string of the molecule is O=C(NCC1(c2ccc(F)cc2)CC1)c1cccc(S(=O)(=O)NCc2ccccc2)c1. The number of halogens is 1. The molecule has 4 rings (SSSR count). The Morgan fingerprint density at radius 3 is 2.32 bits per heavy atom. The summed E-state index contributed by atoms with van der Waals surface area (Å²) in [4.78, 5) is 12.7. The number of rotatable bonds is 8. The van der Waals surface area contributed by atoms with Gasteiger partial charge >= 0.3 is 0 Å². The van der Waals surface area contributed by atoms with Crippen molar-refractivity contribution in [3.8, 4) is 0 Å². The molecule has 0 saturated heterocycles. The molecular weight excluding hydrogens is 415 g/mol. The minimum absolute atomic E-state index is 0.0377. The lowest BCUT2D eigenvalue weighted by molar-refractivity contribution is 0.0949. The van der Waals surface area contributed by atoms with E-state index in [2.05, 4.69) is 10.0 Å². The van der Waals surface area contributed by atoms with Crippen LogP contribution in [0.2, 0.25) is 0 Å². The van der Waals surface area contributed by atoms with E-state index in [1.165, 1.54) is 24.3 Å². The molecule has 0 spiro atoms. The summed E-state index contributed by atoms with van der Waals surface area (Å²) in [6, 6.07) is 21.5. The monoisotopic (exact) mass is 438 g/mol. The van der Waals surface area contributed by atoms with Gasteiger partial charge in [-0.15, -0.1) is 0 Å². The van der Waals surface area contributed by atoms with Crippen LogP contribution < -0.4 is 10.0 Å². The van der Waals surface area contributed by atoms with Gasteiger partial charge in [0, 0.05) is 24.1 Å². The van der Waals surface area contributed by atoms with Gasteiger partial charge in [0.25, 0.3) is 5.91 Å². The van der Waals surface area contributed by atoms with Crippen LogP contribution in [0, 0.1) is 5.82 Å². The first kappa shape index (κ1) is 21.2. The Morgan fingerprint density at radius 2 is 1.65 bits per heavy atom. The highest BCUT2D eigenvalue weighted by atomic mass is 32.2. The number of hydrogen-bond acceptors (Lipinski definition) is 3. The third-order valence-corrected chi connectivity index (χ3v) is 7.01. The van der Waals surface area contributed by atoms with Gasteiger partial charge in [0.15, 0.2) is 0 Å². The second kappa shape index (κ2) is 8.61. The second-order valence-corrected chi connectivity index (χ2v) is 9.57. The highest BCUT2D eigenvalue weighted by Crippen LogP contribution is 2.47. The van der Waals surface area contributed by atoms with Gasteiger partial charge in [-0.1, -0.05) is 48.5 Å². The summed E-state index contributed by atoms with van der Waals surface area (Å²) >= 11 is 0. The van der Waals surface area contributed by atoms with Gasteiger partial charge in [0.2, 0.25) is 10.0 Å². The largest absolute Gasteiger partial charge is 0.351 e. The van der Waals surface area contributed by atoms with Crippen molar-refractivity contribution in [3.63, 3.8) is 0 Å². The lowest BCUT2D eigenvalue weighted by atomic mass is 9.96. The van der Waals surface area contributed by atoms with Crippen molar-refractivity contribution >= 4 is 15.9 Å². The average molecular weight is 439 g/mol. The lowest BCUT2D eigenvalue weighted by Crippen LogP contribution is -2.32. The Balaban J connectivity index is 1.41. The van der Waals surface area contributed by atoms with Crippen LogP contribution in [0.5, 0.6) is 0 Å². The number of nitrogens with one attached hydrogen (secondary N) is 2. The Kier molecular flexibility index (Phi) is 5.89. The number of carbonyl (C=O) groups excluding carboxylic acids is 1. The zero-order valence-electron chi connectivity index (χ0n) is 16.8. The average Bonchev–Trinajstić information content (AvgIpc) is 3.58. The van der Waals surface area contributed by atoms with Crippen LogP contribution in [0.1, 0.15) is 34.3 Å². The zero-order valence-corrected chi connectivity index (χ0v) is 17.7. The second-order valence-electron chi connectivity index (χ2n) is 7.81. The smallest absolute Gasteiger partial charge is 0.251 e. The summed E-state index contributed by atoms with van der Waals surface area (Å²) in [5, 5.41) is 2.90. The van der Waals surface area contributed by atoms with Gasteiger partial charge in [-0.25, -0.2) is 17.5 Å². The van der Waals surface area contributed by atoms with Crippen molar-refractivity contribution in [2.24, 2.45) is 0 Å². The first-order valence-corrected chi connectivity index (χ1v) is 11.5. The van der Waals surface area contributed by atoms with E-state index in [-0.39, 0.29) is 34.1 Å². The number of benzene rings is 3. The normalized spacial score (nSPS) is 14.7. The molecular formula is C24H23FN2O3S.